The molecule has 3 N–H and O–H groups in total. The average Bonchev–Trinajstić information content (AvgIpc) is 2.60. The van der Waals surface area contributed by atoms with Gasteiger partial charge in [0.05, 0.1) is 6.21 Å². The Kier molecular flexibility index (Phi) is 6.44. The van der Waals surface area contributed by atoms with E-state index in [1.807, 2.05) is 0 Å². The van der Waals surface area contributed by atoms with E-state index in [1.54, 1.807) is 48.5 Å². The summed E-state index contributed by atoms with van der Waals surface area (Å²) in [6.07, 6.45) is 1.41. The number of carboxylic acid groups (broad SMARTS) is 1. The van der Waals surface area contributed by atoms with Gasteiger partial charge >= 0.3 is 5.97 Å². The van der Waals surface area contributed by atoms with Crippen molar-refractivity contribution in [1.29, 1.82) is 0 Å². The molecular formula is C18H17N3O5. The van der Waals surface area contributed by atoms with Crippen LogP contribution in [-0.2, 0) is 9.59 Å². The van der Waals surface area contributed by atoms with Crippen LogP contribution >= 0.6 is 0 Å². The molecule has 0 aliphatic carbocycles. The molecule has 0 aliphatic rings. The molecule has 0 fully saturated rings. The molecule has 0 aliphatic heterocycles. The highest BCUT2D eigenvalue weighted by atomic mass is 16.5. The molecule has 0 bridgehead atoms. The lowest BCUT2D eigenvalue weighted by Crippen LogP contribution is -2.17. The van der Waals surface area contributed by atoms with Gasteiger partial charge in [-0.3, -0.25) is 9.59 Å². The number of hydrogen-bond acceptors (Lipinski definition) is 5. The number of nitrogens with one attached hydrogen (secondary N) is 2. The van der Waals surface area contributed by atoms with E-state index in [0.717, 1.165) is 0 Å². The minimum atomic E-state index is -1.07. The molecule has 8 heteroatoms. The van der Waals surface area contributed by atoms with Crippen LogP contribution in [-0.4, -0.2) is 35.7 Å². The van der Waals surface area contributed by atoms with Gasteiger partial charge in [-0.15, -0.1) is 0 Å². The number of hydrazone groups is 1. The van der Waals surface area contributed by atoms with Gasteiger partial charge in [0.15, 0.2) is 6.61 Å². The average molecular weight is 355 g/mol. The highest BCUT2D eigenvalue weighted by Crippen LogP contribution is 2.12. The largest absolute Gasteiger partial charge is 0.482 e. The maximum absolute atomic E-state index is 12.0. The molecule has 0 atom stereocenters. The molecule has 8 nitrogen and oxygen atoms in total. The first-order valence-electron chi connectivity index (χ1n) is 7.60. The Balaban J connectivity index is 1.93. The van der Waals surface area contributed by atoms with E-state index in [2.05, 4.69) is 15.8 Å². The number of hydrogen-bond donors (Lipinski definition) is 3. The molecule has 2 aromatic rings. The first-order valence-corrected chi connectivity index (χ1v) is 7.60. The van der Waals surface area contributed by atoms with Crippen molar-refractivity contribution in [2.45, 2.75) is 6.92 Å². The Labute approximate surface area is 149 Å². The molecule has 0 saturated heterocycles. The number of amides is 2. The Bertz CT molecular complexity index is 831. The highest BCUT2D eigenvalue weighted by Gasteiger charge is 2.04. The van der Waals surface area contributed by atoms with Crippen LogP contribution in [0.15, 0.2) is 53.6 Å². The molecule has 2 rings (SSSR count). The van der Waals surface area contributed by atoms with E-state index in [0.29, 0.717) is 22.6 Å². The maximum atomic E-state index is 12.0. The summed E-state index contributed by atoms with van der Waals surface area (Å²) in [4.78, 5) is 33.5. The summed E-state index contributed by atoms with van der Waals surface area (Å²) < 4.78 is 5.06. The zero-order valence-corrected chi connectivity index (χ0v) is 13.9. The SMILES string of the molecule is CC(=O)Nc1ccc(C(=O)NN=Cc2cccc(OCC(=O)O)c2)cc1. The van der Waals surface area contributed by atoms with Crippen LogP contribution in [0.25, 0.3) is 0 Å². The first-order chi connectivity index (χ1) is 12.4. The minimum absolute atomic E-state index is 0.193. The number of nitrogens with zero attached hydrogens (tertiary/aromatic N) is 1. The fraction of sp³-hybridized carbons (Fsp3) is 0.111. The number of carbonyl (C=O) groups excluding carboxylic acids is 2. The summed E-state index contributed by atoms with van der Waals surface area (Å²) in [6, 6.07) is 13.0. The second kappa shape index (κ2) is 8.97. The summed E-state index contributed by atoms with van der Waals surface area (Å²) in [5.41, 5.74) is 4.00. The number of ether oxygens (including phenoxy) is 1. The molecule has 0 spiro atoms. The molecule has 26 heavy (non-hydrogen) atoms. The van der Waals surface area contributed by atoms with Crippen LogP contribution in [0.2, 0.25) is 0 Å². The molecule has 0 heterocycles. The minimum Gasteiger partial charge on any atom is -0.482 e. The van der Waals surface area contributed by atoms with Crippen LogP contribution in [0.4, 0.5) is 5.69 Å². The van der Waals surface area contributed by atoms with Gasteiger partial charge in [0.1, 0.15) is 5.75 Å². The smallest absolute Gasteiger partial charge is 0.341 e. The van der Waals surface area contributed by atoms with E-state index in [1.165, 1.54) is 13.1 Å². The van der Waals surface area contributed by atoms with Gasteiger partial charge in [-0.2, -0.15) is 5.10 Å². The van der Waals surface area contributed by atoms with Gasteiger partial charge in [0.25, 0.3) is 5.91 Å². The number of carbonyl (C=O) groups is 3. The van der Waals surface area contributed by atoms with Crippen LogP contribution in [0.1, 0.15) is 22.8 Å². The number of carboxylic acids is 1. The van der Waals surface area contributed by atoms with Crippen molar-refractivity contribution >= 4 is 29.7 Å². The van der Waals surface area contributed by atoms with E-state index >= 15 is 0 Å². The summed E-state index contributed by atoms with van der Waals surface area (Å²) >= 11 is 0. The Morgan fingerprint density at radius 3 is 2.54 bits per heavy atom. The molecule has 0 aromatic heterocycles. The van der Waals surface area contributed by atoms with Gasteiger partial charge in [0, 0.05) is 18.2 Å². The van der Waals surface area contributed by atoms with Crippen molar-refractivity contribution in [2.24, 2.45) is 5.10 Å². The zero-order chi connectivity index (χ0) is 18.9. The summed E-state index contributed by atoms with van der Waals surface area (Å²) in [5.74, 6) is -1.28. The third-order valence-electron chi connectivity index (χ3n) is 3.07. The quantitative estimate of drug-likeness (QED) is 0.518. The number of rotatable bonds is 7. The normalized spacial score (nSPS) is 10.3. The fourth-order valence-corrected chi connectivity index (χ4v) is 1.97. The van der Waals surface area contributed by atoms with Crippen molar-refractivity contribution in [3.8, 4) is 5.75 Å². The summed E-state index contributed by atoms with van der Waals surface area (Å²) in [6.45, 7) is 0.961. The Morgan fingerprint density at radius 1 is 1.15 bits per heavy atom. The summed E-state index contributed by atoms with van der Waals surface area (Å²) in [7, 11) is 0. The van der Waals surface area contributed by atoms with Crippen molar-refractivity contribution in [3.63, 3.8) is 0 Å². The standard InChI is InChI=1S/C18H17N3O5/c1-12(22)20-15-7-5-14(6-8-15)18(25)21-19-10-13-3-2-4-16(9-13)26-11-17(23)24/h2-10H,11H2,1H3,(H,20,22)(H,21,25)(H,23,24). The predicted octanol–water partition coefficient (Wildman–Crippen LogP) is 1.87. The lowest BCUT2D eigenvalue weighted by molar-refractivity contribution is -0.139. The predicted molar refractivity (Wildman–Crippen MR) is 95.4 cm³/mol. The van der Waals surface area contributed by atoms with Gasteiger partial charge in [-0.25, -0.2) is 10.2 Å². The van der Waals surface area contributed by atoms with E-state index < -0.39 is 18.5 Å². The molecule has 0 radical (unpaired) electrons. The Hall–Kier alpha value is -3.68. The summed E-state index contributed by atoms with van der Waals surface area (Å²) in [5, 5.41) is 15.1. The molecular weight excluding hydrogens is 338 g/mol. The van der Waals surface area contributed by atoms with Gasteiger partial charge in [-0.1, -0.05) is 12.1 Å². The monoisotopic (exact) mass is 355 g/mol. The van der Waals surface area contributed by atoms with Gasteiger partial charge < -0.3 is 15.2 Å². The van der Waals surface area contributed by atoms with Gasteiger partial charge in [-0.05, 0) is 42.0 Å². The number of aliphatic carboxylic acids is 1. The van der Waals surface area contributed by atoms with Gasteiger partial charge in [0.2, 0.25) is 5.91 Å². The van der Waals surface area contributed by atoms with Crippen LogP contribution in [0.5, 0.6) is 5.75 Å². The van der Waals surface area contributed by atoms with Crippen LogP contribution in [0, 0.1) is 0 Å². The highest BCUT2D eigenvalue weighted by molar-refractivity contribution is 5.96. The molecule has 0 saturated carbocycles. The lowest BCUT2D eigenvalue weighted by Gasteiger charge is -2.04. The van der Waals surface area contributed by atoms with E-state index in [-0.39, 0.29) is 5.91 Å². The third kappa shape index (κ3) is 6.08. The number of benzene rings is 2. The van der Waals surface area contributed by atoms with Crippen LogP contribution in [0.3, 0.4) is 0 Å². The maximum Gasteiger partial charge on any atom is 0.341 e. The fourth-order valence-electron chi connectivity index (χ4n) is 1.97. The first kappa shape index (κ1) is 18.7. The molecule has 134 valence electrons. The van der Waals surface area contributed by atoms with E-state index in [9.17, 15) is 14.4 Å². The molecule has 2 aromatic carbocycles. The second-order valence-corrected chi connectivity index (χ2v) is 5.21. The van der Waals surface area contributed by atoms with Crippen molar-refractivity contribution in [2.75, 3.05) is 11.9 Å². The van der Waals surface area contributed by atoms with Crippen molar-refractivity contribution < 1.29 is 24.2 Å². The molecule has 2 amide bonds. The Morgan fingerprint density at radius 2 is 1.88 bits per heavy atom. The zero-order valence-electron chi connectivity index (χ0n) is 13.9. The third-order valence-corrected chi connectivity index (χ3v) is 3.07. The topological polar surface area (TPSA) is 117 Å². The number of anilines is 1. The van der Waals surface area contributed by atoms with Crippen molar-refractivity contribution in [1.82, 2.24) is 5.43 Å². The lowest BCUT2D eigenvalue weighted by atomic mass is 10.2. The van der Waals surface area contributed by atoms with Crippen LogP contribution < -0.4 is 15.5 Å². The van der Waals surface area contributed by atoms with Crippen molar-refractivity contribution in [3.05, 3.63) is 59.7 Å². The van der Waals surface area contributed by atoms with E-state index in [4.69, 9.17) is 9.84 Å². The molecule has 0 unspecified atom stereocenters. The second-order valence-electron chi connectivity index (χ2n) is 5.21.